The quantitative estimate of drug-likeness (QED) is 0.170. The third-order valence-electron chi connectivity index (χ3n) is 8.58. The third kappa shape index (κ3) is 6.28. The molecule has 2 aliphatic rings. The van der Waals surface area contributed by atoms with Crippen LogP contribution in [-0.4, -0.2) is 30.4 Å². The molecule has 0 radical (unpaired) electrons. The van der Waals surface area contributed by atoms with Crippen LogP contribution in [-0.2, 0) is 17.6 Å². The van der Waals surface area contributed by atoms with Gasteiger partial charge < -0.3 is 14.6 Å². The molecule has 0 saturated heterocycles. The number of aliphatic hydroxyl groups is 1. The molecule has 0 spiro atoms. The minimum absolute atomic E-state index is 0.0720. The number of methoxy groups -OCH3 is 1. The van der Waals surface area contributed by atoms with Crippen molar-refractivity contribution in [3.05, 3.63) is 102 Å². The molecule has 1 fully saturated rings. The summed E-state index contributed by atoms with van der Waals surface area (Å²) in [4.78, 5) is 13.3. The number of fused-ring (bicyclic) bond motifs is 2. The number of esters is 1. The van der Waals surface area contributed by atoms with Gasteiger partial charge in [0.05, 0.1) is 18.8 Å². The lowest BCUT2D eigenvalue weighted by atomic mass is 9.74. The number of rotatable bonds is 10. The summed E-state index contributed by atoms with van der Waals surface area (Å²) < 4.78 is 11.9. The van der Waals surface area contributed by atoms with Gasteiger partial charge in [0.15, 0.2) is 0 Å². The number of benzene rings is 3. The van der Waals surface area contributed by atoms with Gasteiger partial charge in [0.25, 0.3) is 0 Å². The lowest BCUT2D eigenvalue weighted by Gasteiger charge is -2.31. The minimum Gasteiger partial charge on any atom is -0.496 e. The summed E-state index contributed by atoms with van der Waals surface area (Å²) in [5, 5.41) is 10.6. The van der Waals surface area contributed by atoms with Crippen LogP contribution >= 0.6 is 0 Å². The Morgan fingerprint density at radius 3 is 2.49 bits per heavy atom. The highest BCUT2D eigenvalue weighted by molar-refractivity contribution is 5.90. The van der Waals surface area contributed by atoms with Crippen LogP contribution in [0.3, 0.4) is 0 Å². The fourth-order valence-corrected chi connectivity index (χ4v) is 6.48. The lowest BCUT2D eigenvalue weighted by molar-refractivity contribution is 0.0230. The van der Waals surface area contributed by atoms with Crippen molar-refractivity contribution in [3.8, 4) is 16.9 Å². The van der Waals surface area contributed by atoms with Crippen LogP contribution in [0.5, 0.6) is 5.75 Å². The van der Waals surface area contributed by atoms with E-state index in [1.807, 2.05) is 54.6 Å². The molecule has 3 aromatic carbocycles. The van der Waals surface area contributed by atoms with Crippen molar-refractivity contribution >= 4 is 5.97 Å². The summed E-state index contributed by atoms with van der Waals surface area (Å²) in [5.41, 5.74) is 5.36. The van der Waals surface area contributed by atoms with Gasteiger partial charge in [-0.2, -0.15) is 0 Å². The molecular weight excluding hydrogens is 484 g/mol. The van der Waals surface area contributed by atoms with Crippen LogP contribution in [0.25, 0.3) is 11.1 Å². The Labute approximate surface area is 232 Å². The largest absolute Gasteiger partial charge is 0.496 e. The summed E-state index contributed by atoms with van der Waals surface area (Å²) >= 11 is 0. The maximum atomic E-state index is 13.3. The summed E-state index contributed by atoms with van der Waals surface area (Å²) in [5.74, 6) is 1.50. The highest BCUT2D eigenvalue weighted by Gasteiger charge is 2.46. The third-order valence-corrected chi connectivity index (χ3v) is 8.58. The van der Waals surface area contributed by atoms with E-state index in [0.717, 1.165) is 61.8 Å². The number of aliphatic hydroxyl groups excluding tert-OH is 1. The van der Waals surface area contributed by atoms with E-state index >= 15 is 0 Å². The number of ether oxygens (including phenoxy) is 2. The first-order valence-corrected chi connectivity index (χ1v) is 14.4. The van der Waals surface area contributed by atoms with E-state index in [4.69, 9.17) is 9.47 Å². The monoisotopic (exact) mass is 524 g/mol. The van der Waals surface area contributed by atoms with Gasteiger partial charge in [0.1, 0.15) is 11.9 Å². The van der Waals surface area contributed by atoms with Crippen LogP contribution in [0, 0.1) is 17.8 Å². The Morgan fingerprint density at radius 2 is 1.74 bits per heavy atom. The first kappa shape index (κ1) is 27.2. The molecule has 1 unspecified atom stereocenters. The van der Waals surface area contributed by atoms with E-state index in [-0.39, 0.29) is 18.0 Å². The summed E-state index contributed by atoms with van der Waals surface area (Å²) in [7, 11) is 1.73. The molecule has 0 bridgehead atoms. The fraction of sp³-hybridized carbons (Fsp3) is 0.400. The molecule has 0 aliphatic heterocycles. The maximum absolute atomic E-state index is 13.3. The number of unbranched alkanes of at least 4 members (excludes halogenated alkanes) is 2. The van der Waals surface area contributed by atoms with Gasteiger partial charge in [-0.05, 0) is 78.0 Å². The Kier molecular flexibility index (Phi) is 8.83. The predicted molar refractivity (Wildman–Crippen MR) is 156 cm³/mol. The second-order valence-electron chi connectivity index (χ2n) is 11.1. The highest BCUT2D eigenvalue weighted by Crippen LogP contribution is 2.48. The second kappa shape index (κ2) is 12.7. The van der Waals surface area contributed by atoms with Crippen LogP contribution in [0.1, 0.15) is 60.5 Å². The Hall–Kier alpha value is -3.37. The van der Waals surface area contributed by atoms with Crippen molar-refractivity contribution in [1.29, 1.82) is 0 Å². The zero-order chi connectivity index (χ0) is 27.2. The van der Waals surface area contributed by atoms with Crippen molar-refractivity contribution in [2.75, 3.05) is 7.11 Å². The standard InChI is InChI=1S/C35H40O4/c1-3-4-6-13-29(36)19-20-30-31-21-27-12-9-14-33(38-2)32(27)22-28(31)23-34(30)39-35(37)26-17-15-25(16-18-26)24-10-7-5-8-11-24/h5,7-12,14-20,28-31,34,36H,3-4,6,13,21-23H2,1-2H3/b20-19+/t28-,29?,30+,31-,34+/m0/s1. The number of hydrogen-bond acceptors (Lipinski definition) is 4. The van der Waals surface area contributed by atoms with Gasteiger partial charge in [-0.25, -0.2) is 4.79 Å². The molecule has 0 aromatic heterocycles. The minimum atomic E-state index is -0.464. The predicted octanol–water partition coefficient (Wildman–Crippen LogP) is 7.44. The molecule has 1 saturated carbocycles. The molecule has 5 atom stereocenters. The van der Waals surface area contributed by atoms with Crippen LogP contribution in [0.4, 0.5) is 0 Å². The Bertz CT molecular complexity index is 1260. The smallest absolute Gasteiger partial charge is 0.338 e. The van der Waals surface area contributed by atoms with Crippen molar-refractivity contribution in [2.45, 2.75) is 64.1 Å². The molecule has 4 heteroatoms. The molecule has 0 heterocycles. The zero-order valence-electron chi connectivity index (χ0n) is 23.1. The van der Waals surface area contributed by atoms with Gasteiger partial charge in [0, 0.05) is 5.92 Å². The molecule has 2 aliphatic carbocycles. The van der Waals surface area contributed by atoms with Crippen molar-refractivity contribution in [3.63, 3.8) is 0 Å². The summed E-state index contributed by atoms with van der Waals surface area (Å²) in [6.45, 7) is 2.17. The van der Waals surface area contributed by atoms with Gasteiger partial charge in [-0.15, -0.1) is 0 Å². The van der Waals surface area contributed by atoms with Crippen LogP contribution < -0.4 is 4.74 Å². The van der Waals surface area contributed by atoms with E-state index < -0.39 is 6.10 Å². The zero-order valence-corrected chi connectivity index (χ0v) is 23.1. The molecule has 204 valence electrons. The summed E-state index contributed by atoms with van der Waals surface area (Å²) in [6, 6.07) is 24.1. The molecule has 0 amide bonds. The Balaban J connectivity index is 1.34. The summed E-state index contributed by atoms with van der Waals surface area (Å²) in [6.07, 6.45) is 10.1. The molecule has 5 rings (SSSR count). The van der Waals surface area contributed by atoms with E-state index in [1.165, 1.54) is 11.1 Å². The molecule has 3 aromatic rings. The molecule has 39 heavy (non-hydrogen) atoms. The van der Waals surface area contributed by atoms with Crippen molar-refractivity contribution < 1.29 is 19.4 Å². The second-order valence-corrected chi connectivity index (χ2v) is 11.1. The average Bonchev–Trinajstić information content (AvgIpc) is 3.30. The molecular formula is C35H40O4. The number of hydrogen-bond donors (Lipinski definition) is 1. The first-order chi connectivity index (χ1) is 19.1. The number of carbonyl (C=O) groups is 1. The normalized spacial score (nSPS) is 22.7. The topological polar surface area (TPSA) is 55.8 Å². The van der Waals surface area contributed by atoms with E-state index in [0.29, 0.717) is 17.4 Å². The van der Waals surface area contributed by atoms with Crippen molar-refractivity contribution in [1.82, 2.24) is 0 Å². The molecule has 4 nitrogen and oxygen atoms in total. The lowest BCUT2D eigenvalue weighted by Crippen LogP contribution is -2.28. The first-order valence-electron chi connectivity index (χ1n) is 14.4. The van der Waals surface area contributed by atoms with Gasteiger partial charge in [-0.3, -0.25) is 0 Å². The van der Waals surface area contributed by atoms with E-state index in [2.05, 4.69) is 37.3 Å². The van der Waals surface area contributed by atoms with Crippen LogP contribution in [0.15, 0.2) is 84.9 Å². The Morgan fingerprint density at radius 1 is 0.974 bits per heavy atom. The average molecular weight is 525 g/mol. The molecule has 1 N–H and O–H groups in total. The van der Waals surface area contributed by atoms with Crippen molar-refractivity contribution in [2.24, 2.45) is 17.8 Å². The van der Waals surface area contributed by atoms with Gasteiger partial charge >= 0.3 is 5.97 Å². The van der Waals surface area contributed by atoms with E-state index in [9.17, 15) is 9.90 Å². The van der Waals surface area contributed by atoms with Gasteiger partial charge in [-0.1, -0.05) is 92.9 Å². The SMILES string of the molecule is CCCCCC(O)/C=C/[C@@H]1[C@H]2Cc3cccc(OC)c3C[C@H]2C[C@H]1OC(=O)c1ccc(-c2ccccc2)cc1. The van der Waals surface area contributed by atoms with Crippen LogP contribution in [0.2, 0.25) is 0 Å². The van der Waals surface area contributed by atoms with Gasteiger partial charge in [0.2, 0.25) is 0 Å². The van der Waals surface area contributed by atoms with E-state index in [1.54, 1.807) is 7.11 Å². The fourth-order valence-electron chi connectivity index (χ4n) is 6.48. The maximum Gasteiger partial charge on any atom is 0.338 e. The highest BCUT2D eigenvalue weighted by atomic mass is 16.5. The number of carbonyl (C=O) groups excluding carboxylic acids is 1.